The Balaban J connectivity index is 2.40. The molecule has 0 aliphatic heterocycles. The quantitative estimate of drug-likeness (QED) is 0.889. The van der Waals surface area contributed by atoms with Crippen LogP contribution in [0.15, 0.2) is 12.3 Å². The topological polar surface area (TPSA) is 85.2 Å². The van der Waals surface area contributed by atoms with Gasteiger partial charge in [-0.1, -0.05) is 12.8 Å². The number of primary amides is 1. The first-order chi connectivity index (χ1) is 9.79. The summed E-state index contributed by atoms with van der Waals surface area (Å²) in [5.74, 6) is -0.605. The molecule has 116 valence electrons. The average molecular weight is 302 g/mol. The van der Waals surface area contributed by atoms with E-state index in [0.29, 0.717) is 0 Å². The normalized spacial score (nSPS) is 16.1. The molecule has 4 N–H and O–H groups in total. The van der Waals surface area contributed by atoms with Crippen molar-refractivity contribution in [2.75, 3.05) is 17.2 Å². The van der Waals surface area contributed by atoms with Crippen LogP contribution in [0.1, 0.15) is 31.4 Å². The largest absolute Gasteiger partial charge is 0.433 e. The van der Waals surface area contributed by atoms with Crippen LogP contribution in [0, 0.1) is 0 Å². The predicted molar refractivity (Wildman–Crippen MR) is 72.4 cm³/mol. The van der Waals surface area contributed by atoms with E-state index in [9.17, 15) is 18.0 Å². The number of amides is 1. The van der Waals surface area contributed by atoms with Crippen LogP contribution in [0.4, 0.5) is 24.5 Å². The summed E-state index contributed by atoms with van der Waals surface area (Å²) in [7, 11) is 0. The van der Waals surface area contributed by atoms with E-state index >= 15 is 0 Å². The van der Waals surface area contributed by atoms with E-state index in [1.54, 1.807) is 4.90 Å². The molecule has 8 heteroatoms. The summed E-state index contributed by atoms with van der Waals surface area (Å²) >= 11 is 0. The van der Waals surface area contributed by atoms with Gasteiger partial charge >= 0.3 is 6.18 Å². The van der Waals surface area contributed by atoms with Gasteiger partial charge in [-0.05, 0) is 18.9 Å². The summed E-state index contributed by atoms with van der Waals surface area (Å²) in [6.07, 6.45) is -0.0432. The number of nitrogens with two attached hydrogens (primary N) is 2. The molecule has 5 nitrogen and oxygen atoms in total. The molecule has 21 heavy (non-hydrogen) atoms. The van der Waals surface area contributed by atoms with Gasteiger partial charge in [0, 0.05) is 6.04 Å². The molecular weight excluding hydrogens is 285 g/mol. The van der Waals surface area contributed by atoms with Crippen molar-refractivity contribution in [3.63, 3.8) is 0 Å². The summed E-state index contributed by atoms with van der Waals surface area (Å²) in [6.45, 7) is -0.157. The van der Waals surface area contributed by atoms with Crippen molar-refractivity contribution in [1.82, 2.24) is 4.98 Å². The van der Waals surface area contributed by atoms with Crippen LogP contribution in [0.3, 0.4) is 0 Å². The van der Waals surface area contributed by atoms with Crippen molar-refractivity contribution in [2.45, 2.75) is 37.9 Å². The van der Waals surface area contributed by atoms with Gasteiger partial charge in [0.1, 0.15) is 5.69 Å². The van der Waals surface area contributed by atoms with Crippen LogP contribution in [0.25, 0.3) is 0 Å². The molecule has 0 bridgehead atoms. The Kier molecular flexibility index (Phi) is 4.24. The molecule has 1 aromatic rings. The molecule has 1 fully saturated rings. The Bertz CT molecular complexity index is 527. The van der Waals surface area contributed by atoms with Gasteiger partial charge in [0.05, 0.1) is 24.1 Å². The molecule has 0 spiro atoms. The molecule has 1 aromatic heterocycles. The van der Waals surface area contributed by atoms with E-state index < -0.39 is 17.8 Å². The van der Waals surface area contributed by atoms with Gasteiger partial charge in [-0.2, -0.15) is 13.2 Å². The first kappa shape index (κ1) is 15.4. The number of rotatable bonds is 4. The number of pyridine rings is 1. The highest BCUT2D eigenvalue weighted by molar-refractivity contribution is 5.81. The average Bonchev–Trinajstić information content (AvgIpc) is 2.88. The molecule has 1 heterocycles. The molecule has 1 saturated carbocycles. The lowest BCUT2D eigenvalue weighted by molar-refractivity contribution is -0.141. The van der Waals surface area contributed by atoms with Crippen LogP contribution in [0.5, 0.6) is 0 Å². The maximum atomic E-state index is 12.8. The maximum absolute atomic E-state index is 12.8. The van der Waals surface area contributed by atoms with Gasteiger partial charge < -0.3 is 16.4 Å². The zero-order chi connectivity index (χ0) is 15.6. The predicted octanol–water partition coefficient (Wildman–Crippen LogP) is 1.92. The Labute approximate surface area is 120 Å². The van der Waals surface area contributed by atoms with Crippen molar-refractivity contribution in [3.05, 3.63) is 18.0 Å². The Morgan fingerprint density at radius 2 is 2.00 bits per heavy atom. The smallest absolute Gasteiger partial charge is 0.396 e. The molecule has 0 atom stereocenters. The van der Waals surface area contributed by atoms with Gasteiger partial charge in [0.2, 0.25) is 5.91 Å². The third-order valence-corrected chi connectivity index (χ3v) is 3.60. The second-order valence-electron chi connectivity index (χ2n) is 5.16. The minimum atomic E-state index is -4.56. The fraction of sp³-hybridized carbons (Fsp3) is 0.538. The molecule has 0 saturated heterocycles. The Morgan fingerprint density at radius 1 is 1.38 bits per heavy atom. The molecule has 1 amide bonds. The molecule has 2 rings (SSSR count). The number of carbonyl (C=O) groups is 1. The van der Waals surface area contributed by atoms with Gasteiger partial charge in [-0.25, -0.2) is 4.98 Å². The summed E-state index contributed by atoms with van der Waals surface area (Å²) in [5, 5.41) is 0. The number of nitrogens with zero attached hydrogens (tertiary/aromatic N) is 2. The number of nitrogen functional groups attached to an aromatic ring is 1. The highest BCUT2D eigenvalue weighted by Gasteiger charge is 2.34. The number of halogens is 3. The van der Waals surface area contributed by atoms with Crippen LogP contribution in [0.2, 0.25) is 0 Å². The van der Waals surface area contributed by atoms with Crippen molar-refractivity contribution in [3.8, 4) is 0 Å². The van der Waals surface area contributed by atoms with E-state index in [4.69, 9.17) is 11.5 Å². The van der Waals surface area contributed by atoms with Gasteiger partial charge in [0.15, 0.2) is 0 Å². The van der Waals surface area contributed by atoms with E-state index in [1.165, 1.54) is 0 Å². The van der Waals surface area contributed by atoms with Crippen molar-refractivity contribution >= 4 is 17.3 Å². The summed E-state index contributed by atoms with van der Waals surface area (Å²) in [6, 6.07) is 0.861. The van der Waals surface area contributed by atoms with E-state index in [0.717, 1.165) is 37.9 Å². The zero-order valence-corrected chi connectivity index (χ0v) is 11.4. The van der Waals surface area contributed by atoms with Crippen LogP contribution in [-0.2, 0) is 11.0 Å². The second-order valence-corrected chi connectivity index (χ2v) is 5.16. The number of anilines is 2. The monoisotopic (exact) mass is 302 g/mol. The minimum absolute atomic E-state index is 0.0247. The summed E-state index contributed by atoms with van der Waals surface area (Å²) in [4.78, 5) is 16.1. The standard InChI is InChI=1S/C13H17F3N4O/c14-13(15,16)11-5-10(9(17)6-19-11)20(7-12(18)21)8-3-1-2-4-8/h5-6,8H,1-4,7,17H2,(H2,18,21). The van der Waals surface area contributed by atoms with Crippen LogP contribution >= 0.6 is 0 Å². The number of alkyl halides is 3. The minimum Gasteiger partial charge on any atom is -0.396 e. The van der Waals surface area contributed by atoms with Gasteiger partial charge in [0.25, 0.3) is 0 Å². The van der Waals surface area contributed by atoms with E-state index in [2.05, 4.69) is 4.98 Å². The first-order valence-corrected chi connectivity index (χ1v) is 6.66. The lowest BCUT2D eigenvalue weighted by atomic mass is 10.1. The lowest BCUT2D eigenvalue weighted by Gasteiger charge is -2.31. The SMILES string of the molecule is NC(=O)CN(c1cc(C(F)(F)F)ncc1N)C1CCCC1. The van der Waals surface area contributed by atoms with Crippen LogP contribution < -0.4 is 16.4 Å². The van der Waals surface area contributed by atoms with Crippen molar-refractivity contribution in [1.29, 1.82) is 0 Å². The van der Waals surface area contributed by atoms with Gasteiger partial charge in [-0.15, -0.1) is 0 Å². The highest BCUT2D eigenvalue weighted by atomic mass is 19.4. The molecule has 0 aromatic carbocycles. The second kappa shape index (κ2) is 5.79. The number of carbonyl (C=O) groups excluding carboxylic acids is 1. The summed E-state index contributed by atoms with van der Waals surface area (Å²) < 4.78 is 38.4. The van der Waals surface area contributed by atoms with Crippen molar-refractivity contribution < 1.29 is 18.0 Å². The van der Waals surface area contributed by atoms with E-state index in [1.807, 2.05) is 0 Å². The molecular formula is C13H17F3N4O. The summed E-state index contributed by atoms with van der Waals surface area (Å²) in [5.41, 5.74) is 10.2. The third-order valence-electron chi connectivity index (χ3n) is 3.60. The number of aromatic nitrogens is 1. The third kappa shape index (κ3) is 3.56. The lowest BCUT2D eigenvalue weighted by Crippen LogP contribution is -2.40. The number of hydrogen-bond donors (Lipinski definition) is 2. The van der Waals surface area contributed by atoms with Crippen molar-refractivity contribution in [2.24, 2.45) is 5.73 Å². The van der Waals surface area contributed by atoms with Crippen LogP contribution in [-0.4, -0.2) is 23.5 Å². The zero-order valence-electron chi connectivity index (χ0n) is 11.4. The highest BCUT2D eigenvalue weighted by Crippen LogP contribution is 2.35. The fourth-order valence-corrected chi connectivity index (χ4v) is 2.65. The first-order valence-electron chi connectivity index (χ1n) is 6.66. The molecule has 0 radical (unpaired) electrons. The molecule has 1 aliphatic carbocycles. The molecule has 1 aliphatic rings. The van der Waals surface area contributed by atoms with Gasteiger partial charge in [-0.3, -0.25) is 4.79 Å². The van der Waals surface area contributed by atoms with E-state index in [-0.39, 0.29) is 24.0 Å². The number of hydrogen-bond acceptors (Lipinski definition) is 4. The fourth-order valence-electron chi connectivity index (χ4n) is 2.65. The molecule has 0 unspecified atom stereocenters. The Hall–Kier alpha value is -1.99. The maximum Gasteiger partial charge on any atom is 0.433 e. The Morgan fingerprint density at radius 3 is 2.52 bits per heavy atom.